The van der Waals surface area contributed by atoms with Crippen LogP contribution in [0.4, 0.5) is 0 Å². The highest BCUT2D eigenvalue weighted by atomic mass is 15.0. The van der Waals surface area contributed by atoms with Gasteiger partial charge in [0.05, 0.1) is 0 Å². The molecule has 0 bridgehead atoms. The van der Waals surface area contributed by atoms with Crippen LogP contribution in [0.3, 0.4) is 0 Å². The van der Waals surface area contributed by atoms with Gasteiger partial charge in [0.1, 0.15) is 0 Å². The summed E-state index contributed by atoms with van der Waals surface area (Å²) in [6.07, 6.45) is 8.43. The van der Waals surface area contributed by atoms with E-state index in [0.29, 0.717) is 0 Å². The first-order chi connectivity index (χ1) is 6.36. The molecule has 3 nitrogen and oxygen atoms in total. The summed E-state index contributed by atoms with van der Waals surface area (Å²) < 4.78 is 0. The molecular weight excluding hydrogens is 162 g/mol. The van der Waals surface area contributed by atoms with Gasteiger partial charge in [-0.15, -0.1) is 0 Å². The minimum atomic E-state index is 0.876. The lowest BCUT2D eigenvalue weighted by molar-refractivity contribution is 0.404. The van der Waals surface area contributed by atoms with E-state index >= 15 is 0 Å². The van der Waals surface area contributed by atoms with Crippen LogP contribution in [0.5, 0.6) is 0 Å². The van der Waals surface area contributed by atoms with Gasteiger partial charge in [-0.3, -0.25) is 11.7 Å². The molecule has 0 saturated heterocycles. The van der Waals surface area contributed by atoms with Crippen LogP contribution in [0.2, 0.25) is 0 Å². The largest absolute Gasteiger partial charge is 0.330 e. The highest BCUT2D eigenvalue weighted by Crippen LogP contribution is 2.37. The zero-order valence-corrected chi connectivity index (χ0v) is 8.84. The molecule has 0 spiro atoms. The van der Waals surface area contributed by atoms with Gasteiger partial charge in [-0.1, -0.05) is 26.2 Å². The zero-order valence-electron chi connectivity index (χ0n) is 8.84. The number of nitrogens with two attached hydrogens (primary N) is 3. The Morgan fingerprint density at radius 1 is 1.31 bits per heavy atom. The van der Waals surface area contributed by atoms with Crippen molar-refractivity contribution in [1.82, 2.24) is 0 Å². The van der Waals surface area contributed by atoms with Gasteiger partial charge in [0.2, 0.25) is 0 Å². The maximum Gasteiger partial charge on any atom is -0.00772 e. The van der Waals surface area contributed by atoms with Crippen LogP contribution in [0.1, 0.15) is 45.4 Å². The Hall–Kier alpha value is -0.120. The molecule has 1 atom stereocenters. The average Bonchev–Trinajstić information content (AvgIpc) is 2.99. The molecule has 0 aromatic carbocycles. The molecule has 0 radical (unpaired) electrons. The van der Waals surface area contributed by atoms with Gasteiger partial charge in [-0.25, -0.2) is 0 Å². The van der Waals surface area contributed by atoms with E-state index in [2.05, 4.69) is 18.6 Å². The molecule has 0 heterocycles. The Morgan fingerprint density at radius 3 is 2.31 bits per heavy atom. The highest BCUT2D eigenvalue weighted by Gasteiger charge is 2.24. The van der Waals surface area contributed by atoms with Crippen molar-refractivity contribution in [1.29, 1.82) is 0 Å². The van der Waals surface area contributed by atoms with E-state index in [1.807, 2.05) is 0 Å². The summed E-state index contributed by atoms with van der Waals surface area (Å²) >= 11 is 0. The van der Waals surface area contributed by atoms with Crippen molar-refractivity contribution in [2.24, 2.45) is 29.3 Å². The van der Waals surface area contributed by atoms with Gasteiger partial charge in [0.25, 0.3) is 0 Å². The molecule has 0 aromatic heterocycles. The fraction of sp³-hybridized carbons (Fsp3) is 1.00. The maximum atomic E-state index is 5.48. The van der Waals surface area contributed by atoms with E-state index in [-0.39, 0.29) is 0 Å². The van der Waals surface area contributed by atoms with Crippen molar-refractivity contribution < 1.29 is 0 Å². The van der Waals surface area contributed by atoms with Crippen molar-refractivity contribution in [3.05, 3.63) is 0 Å². The van der Waals surface area contributed by atoms with E-state index in [1.54, 1.807) is 0 Å². The first kappa shape index (κ1) is 12.9. The molecule has 1 rings (SSSR count). The number of hydrogen-bond acceptors (Lipinski definition) is 3. The van der Waals surface area contributed by atoms with Crippen LogP contribution < -0.4 is 17.4 Å². The first-order valence-corrected chi connectivity index (χ1v) is 5.40. The Balaban J connectivity index is 0.000000671. The van der Waals surface area contributed by atoms with Gasteiger partial charge in [0.15, 0.2) is 0 Å². The SMILES string of the molecule is CCC(CCCN)CC1CC1.NN. The van der Waals surface area contributed by atoms with Crippen molar-refractivity contribution in [2.45, 2.75) is 45.4 Å². The average molecular weight is 187 g/mol. The van der Waals surface area contributed by atoms with Crippen LogP contribution in [0.15, 0.2) is 0 Å². The van der Waals surface area contributed by atoms with Gasteiger partial charge in [-0.05, 0) is 37.6 Å². The van der Waals surface area contributed by atoms with Crippen LogP contribution in [0, 0.1) is 11.8 Å². The topological polar surface area (TPSA) is 78.1 Å². The molecule has 0 aromatic rings. The molecule has 1 saturated carbocycles. The first-order valence-electron chi connectivity index (χ1n) is 5.40. The lowest BCUT2D eigenvalue weighted by atomic mass is 9.94. The van der Waals surface area contributed by atoms with Crippen LogP contribution in [-0.2, 0) is 0 Å². The van der Waals surface area contributed by atoms with Crippen molar-refractivity contribution >= 4 is 0 Å². The minimum absolute atomic E-state index is 0.876. The van der Waals surface area contributed by atoms with Crippen molar-refractivity contribution in [2.75, 3.05) is 6.54 Å². The second kappa shape index (κ2) is 8.48. The molecule has 0 amide bonds. The summed E-state index contributed by atoms with van der Waals surface area (Å²) in [7, 11) is 0. The maximum absolute atomic E-state index is 5.48. The summed E-state index contributed by atoms with van der Waals surface area (Å²) in [5, 5.41) is 0. The third kappa shape index (κ3) is 6.99. The van der Waals surface area contributed by atoms with E-state index in [1.165, 1.54) is 38.5 Å². The lowest BCUT2D eigenvalue weighted by Gasteiger charge is -2.12. The van der Waals surface area contributed by atoms with Crippen LogP contribution >= 0.6 is 0 Å². The van der Waals surface area contributed by atoms with Crippen molar-refractivity contribution in [3.63, 3.8) is 0 Å². The summed E-state index contributed by atoms with van der Waals surface area (Å²) in [4.78, 5) is 0. The molecule has 1 aliphatic rings. The summed E-state index contributed by atoms with van der Waals surface area (Å²) in [5.41, 5.74) is 5.48. The molecule has 1 aliphatic carbocycles. The Morgan fingerprint density at radius 2 is 1.92 bits per heavy atom. The Kier molecular flexibility index (Phi) is 8.40. The van der Waals surface area contributed by atoms with Gasteiger partial charge < -0.3 is 5.73 Å². The molecule has 6 N–H and O–H groups in total. The normalized spacial score (nSPS) is 17.5. The van der Waals surface area contributed by atoms with Crippen LogP contribution in [-0.4, -0.2) is 6.54 Å². The predicted molar refractivity (Wildman–Crippen MR) is 57.8 cm³/mol. The molecule has 80 valence electrons. The summed E-state index contributed by atoms with van der Waals surface area (Å²) in [6.45, 7) is 3.19. The smallest absolute Gasteiger partial charge is 0.00772 e. The molecule has 0 aliphatic heterocycles. The highest BCUT2D eigenvalue weighted by molar-refractivity contribution is 4.76. The fourth-order valence-electron chi connectivity index (χ4n) is 1.72. The van der Waals surface area contributed by atoms with Gasteiger partial charge >= 0.3 is 0 Å². The third-order valence-electron chi connectivity index (χ3n) is 2.76. The van der Waals surface area contributed by atoms with Gasteiger partial charge in [0, 0.05) is 0 Å². The number of hydrazine groups is 1. The molecule has 13 heavy (non-hydrogen) atoms. The number of rotatable bonds is 6. The van der Waals surface area contributed by atoms with E-state index in [4.69, 9.17) is 5.73 Å². The number of hydrogen-bond donors (Lipinski definition) is 3. The van der Waals surface area contributed by atoms with E-state index < -0.39 is 0 Å². The minimum Gasteiger partial charge on any atom is -0.330 e. The molecule has 1 fully saturated rings. The van der Waals surface area contributed by atoms with Crippen molar-refractivity contribution in [3.8, 4) is 0 Å². The summed E-state index contributed by atoms with van der Waals surface area (Å²) in [5.74, 6) is 10.1. The third-order valence-corrected chi connectivity index (χ3v) is 2.76. The molecule has 3 heteroatoms. The molecule has 1 unspecified atom stereocenters. The Bertz CT molecular complexity index is 102. The molecular formula is C10H25N3. The predicted octanol–water partition coefficient (Wildman–Crippen LogP) is 1.37. The Labute approximate surface area is 82.0 Å². The quantitative estimate of drug-likeness (QED) is 0.434. The second-order valence-electron chi connectivity index (χ2n) is 3.88. The van der Waals surface area contributed by atoms with E-state index in [0.717, 1.165) is 18.4 Å². The summed E-state index contributed by atoms with van der Waals surface area (Å²) in [6, 6.07) is 0. The van der Waals surface area contributed by atoms with E-state index in [9.17, 15) is 0 Å². The lowest BCUT2D eigenvalue weighted by Crippen LogP contribution is -2.05. The zero-order chi connectivity index (χ0) is 10.1. The second-order valence-corrected chi connectivity index (χ2v) is 3.88. The standard InChI is InChI=1S/C10H21N.H4N2/c1-2-9(4-3-7-11)8-10-5-6-10;1-2/h9-10H,2-8,11H2,1H3;1-2H2. The van der Waals surface area contributed by atoms with Gasteiger partial charge in [-0.2, -0.15) is 0 Å². The monoisotopic (exact) mass is 187 g/mol. The van der Waals surface area contributed by atoms with Crippen LogP contribution in [0.25, 0.3) is 0 Å². The fourth-order valence-corrected chi connectivity index (χ4v) is 1.72.